The Hall–Kier alpha value is -2.88. The van der Waals surface area contributed by atoms with Crippen molar-refractivity contribution >= 4 is 51.0 Å². The zero-order valence-corrected chi connectivity index (χ0v) is 18.3. The predicted molar refractivity (Wildman–Crippen MR) is 119 cm³/mol. The van der Waals surface area contributed by atoms with E-state index in [2.05, 4.69) is 47.2 Å². The first-order valence-electron chi connectivity index (χ1n) is 10.0. The molecule has 1 aromatic carbocycles. The van der Waals surface area contributed by atoms with Crippen LogP contribution in [-0.4, -0.2) is 52.5 Å². The Balaban J connectivity index is 1.44. The highest BCUT2D eigenvalue weighted by atomic mass is 79.9. The number of rotatable bonds is 5. The van der Waals surface area contributed by atoms with Crippen molar-refractivity contribution in [3.8, 4) is 0 Å². The topological polar surface area (TPSA) is 111 Å². The molecule has 9 nitrogen and oxygen atoms in total. The van der Waals surface area contributed by atoms with Gasteiger partial charge in [0.1, 0.15) is 5.82 Å². The van der Waals surface area contributed by atoms with Crippen molar-refractivity contribution in [3.63, 3.8) is 0 Å². The molecule has 0 spiro atoms. The molecule has 30 heavy (non-hydrogen) atoms. The lowest BCUT2D eigenvalue weighted by atomic mass is 10.1. The van der Waals surface area contributed by atoms with E-state index in [1.54, 1.807) is 6.20 Å². The fourth-order valence-electron chi connectivity index (χ4n) is 3.70. The zero-order chi connectivity index (χ0) is 21.1. The summed E-state index contributed by atoms with van der Waals surface area (Å²) in [4.78, 5) is 34.4. The number of urea groups is 1. The highest BCUT2D eigenvalue weighted by Crippen LogP contribution is 2.28. The Morgan fingerprint density at radius 3 is 3.10 bits per heavy atom. The van der Waals surface area contributed by atoms with Crippen LogP contribution >= 0.6 is 15.9 Å². The van der Waals surface area contributed by atoms with Gasteiger partial charge in [0.05, 0.1) is 10.9 Å². The van der Waals surface area contributed by atoms with Crippen molar-refractivity contribution in [2.45, 2.75) is 32.2 Å². The number of hydrogen-bond donors (Lipinski definition) is 4. The Morgan fingerprint density at radius 2 is 2.27 bits per heavy atom. The number of amides is 3. The van der Waals surface area contributed by atoms with Crippen molar-refractivity contribution in [3.05, 3.63) is 34.4 Å². The highest BCUT2D eigenvalue weighted by Gasteiger charge is 2.24. The van der Waals surface area contributed by atoms with Gasteiger partial charge in [-0.3, -0.25) is 4.79 Å². The number of likely N-dealkylation sites (tertiary alicyclic amines) is 1. The standard InChI is InChI=1S/C20H24BrN7O2/c1-2-22-20(30)28-7-3-4-14(11-28)24-18-15(21)10-23-19(27-18)25-13-5-6-16-12(8-13)9-17(29)26-16/h5-6,8,10,14H,2-4,7,9,11H2,1H3,(H,22,30)(H,26,29)(H2,23,24,25,27). The first kappa shape index (κ1) is 20.4. The van der Waals surface area contributed by atoms with E-state index < -0.39 is 0 Å². The molecular formula is C20H24BrN7O2. The lowest BCUT2D eigenvalue weighted by Crippen LogP contribution is -2.49. The maximum Gasteiger partial charge on any atom is 0.317 e. The number of aromatic nitrogens is 2. The van der Waals surface area contributed by atoms with Gasteiger partial charge < -0.3 is 26.2 Å². The van der Waals surface area contributed by atoms with Gasteiger partial charge in [0.15, 0.2) is 0 Å². The van der Waals surface area contributed by atoms with Crippen molar-refractivity contribution in [1.29, 1.82) is 0 Å². The van der Waals surface area contributed by atoms with Crippen LogP contribution in [-0.2, 0) is 11.2 Å². The molecule has 1 fully saturated rings. The second-order valence-corrected chi connectivity index (χ2v) is 8.23. The molecule has 1 aromatic heterocycles. The monoisotopic (exact) mass is 473 g/mol. The molecule has 0 bridgehead atoms. The molecule has 4 N–H and O–H groups in total. The molecule has 4 rings (SSSR count). The number of anilines is 4. The molecule has 0 saturated carbocycles. The third-order valence-electron chi connectivity index (χ3n) is 5.11. The smallest absolute Gasteiger partial charge is 0.317 e. The Morgan fingerprint density at radius 1 is 1.40 bits per heavy atom. The van der Waals surface area contributed by atoms with Crippen LogP contribution in [0.3, 0.4) is 0 Å². The van der Waals surface area contributed by atoms with Gasteiger partial charge >= 0.3 is 6.03 Å². The minimum atomic E-state index is -0.0299. The summed E-state index contributed by atoms with van der Waals surface area (Å²) in [6, 6.07) is 5.76. The van der Waals surface area contributed by atoms with Gasteiger partial charge in [0.2, 0.25) is 11.9 Å². The summed E-state index contributed by atoms with van der Waals surface area (Å²) in [5.41, 5.74) is 2.62. The van der Waals surface area contributed by atoms with Gasteiger partial charge in [-0.15, -0.1) is 0 Å². The summed E-state index contributed by atoms with van der Waals surface area (Å²) in [5.74, 6) is 1.13. The zero-order valence-electron chi connectivity index (χ0n) is 16.7. The summed E-state index contributed by atoms with van der Waals surface area (Å²) in [6.07, 6.45) is 3.97. The minimum Gasteiger partial charge on any atom is -0.364 e. The van der Waals surface area contributed by atoms with Gasteiger partial charge in [0.25, 0.3) is 0 Å². The number of carbonyl (C=O) groups is 2. The molecule has 10 heteroatoms. The number of halogens is 1. The van der Waals surface area contributed by atoms with Crippen LogP contribution in [0.4, 0.5) is 27.9 Å². The largest absolute Gasteiger partial charge is 0.364 e. The summed E-state index contributed by atoms with van der Waals surface area (Å²) >= 11 is 3.50. The molecule has 158 valence electrons. The van der Waals surface area contributed by atoms with Crippen LogP contribution in [0.2, 0.25) is 0 Å². The number of benzene rings is 1. The third kappa shape index (κ3) is 4.64. The van der Waals surface area contributed by atoms with Crippen LogP contribution < -0.4 is 21.3 Å². The average Bonchev–Trinajstić information content (AvgIpc) is 3.10. The fourth-order valence-corrected chi connectivity index (χ4v) is 4.01. The summed E-state index contributed by atoms with van der Waals surface area (Å²) in [5, 5.41) is 12.3. The molecule has 3 amide bonds. The SMILES string of the molecule is CCNC(=O)N1CCCC(Nc2nc(Nc3ccc4c(c3)CC(=O)N4)ncc2Br)C1. The normalized spacial score (nSPS) is 17.9. The van der Waals surface area contributed by atoms with E-state index in [1.807, 2.05) is 30.0 Å². The second kappa shape index (κ2) is 8.86. The van der Waals surface area contributed by atoms with Crippen LogP contribution in [0.25, 0.3) is 0 Å². The molecule has 0 aliphatic carbocycles. The minimum absolute atomic E-state index is 0.00247. The molecule has 2 aliphatic heterocycles. The Labute approximate surface area is 183 Å². The lowest BCUT2D eigenvalue weighted by molar-refractivity contribution is -0.115. The molecule has 2 aliphatic rings. The molecule has 3 heterocycles. The average molecular weight is 474 g/mol. The van der Waals surface area contributed by atoms with Crippen LogP contribution in [0.15, 0.2) is 28.9 Å². The molecule has 1 saturated heterocycles. The third-order valence-corrected chi connectivity index (χ3v) is 5.69. The maximum atomic E-state index is 12.1. The predicted octanol–water partition coefficient (Wildman–Crippen LogP) is 3.08. The number of nitrogens with one attached hydrogen (secondary N) is 4. The van der Waals surface area contributed by atoms with Crippen LogP contribution in [0.1, 0.15) is 25.3 Å². The molecule has 1 atom stereocenters. The summed E-state index contributed by atoms with van der Waals surface area (Å²) in [7, 11) is 0. The number of nitrogens with zero attached hydrogens (tertiary/aromatic N) is 3. The number of hydrogen-bond acceptors (Lipinski definition) is 6. The van der Waals surface area contributed by atoms with Gasteiger partial charge in [-0.05, 0) is 59.5 Å². The number of fused-ring (bicyclic) bond motifs is 1. The molecule has 1 unspecified atom stereocenters. The lowest BCUT2D eigenvalue weighted by Gasteiger charge is -2.33. The van der Waals surface area contributed by atoms with Crippen molar-refractivity contribution in [2.24, 2.45) is 0 Å². The number of carbonyl (C=O) groups excluding carboxylic acids is 2. The number of piperidine rings is 1. The van der Waals surface area contributed by atoms with Crippen molar-refractivity contribution < 1.29 is 9.59 Å². The summed E-state index contributed by atoms with van der Waals surface area (Å²) < 4.78 is 0.756. The van der Waals surface area contributed by atoms with E-state index in [-0.39, 0.29) is 18.0 Å². The van der Waals surface area contributed by atoms with Gasteiger partial charge in [-0.25, -0.2) is 9.78 Å². The van der Waals surface area contributed by atoms with E-state index in [4.69, 9.17) is 0 Å². The van der Waals surface area contributed by atoms with Crippen LogP contribution in [0.5, 0.6) is 0 Å². The van der Waals surface area contributed by atoms with E-state index in [1.165, 1.54) is 0 Å². The van der Waals surface area contributed by atoms with E-state index in [9.17, 15) is 9.59 Å². The maximum absolute atomic E-state index is 12.1. The van der Waals surface area contributed by atoms with E-state index in [0.29, 0.717) is 31.3 Å². The Kier molecular flexibility index (Phi) is 6.03. The van der Waals surface area contributed by atoms with Crippen LogP contribution in [0, 0.1) is 0 Å². The molecule has 2 aromatic rings. The molecule has 0 radical (unpaired) electrons. The van der Waals surface area contributed by atoms with Crippen molar-refractivity contribution in [2.75, 3.05) is 35.6 Å². The van der Waals surface area contributed by atoms with E-state index in [0.717, 1.165) is 40.8 Å². The quantitative estimate of drug-likeness (QED) is 0.530. The summed E-state index contributed by atoms with van der Waals surface area (Å²) in [6.45, 7) is 3.92. The first-order valence-corrected chi connectivity index (χ1v) is 10.8. The fraction of sp³-hybridized carbons (Fsp3) is 0.400. The van der Waals surface area contributed by atoms with Crippen molar-refractivity contribution in [1.82, 2.24) is 20.2 Å². The molecular weight excluding hydrogens is 450 g/mol. The van der Waals surface area contributed by atoms with Gasteiger partial charge in [-0.1, -0.05) is 0 Å². The van der Waals surface area contributed by atoms with E-state index >= 15 is 0 Å². The highest BCUT2D eigenvalue weighted by molar-refractivity contribution is 9.10. The Bertz CT molecular complexity index is 968. The van der Waals surface area contributed by atoms with Gasteiger partial charge in [0, 0.05) is 43.2 Å². The first-order chi connectivity index (χ1) is 14.5. The van der Waals surface area contributed by atoms with Gasteiger partial charge in [-0.2, -0.15) is 4.98 Å². The second-order valence-electron chi connectivity index (χ2n) is 7.38.